The Morgan fingerprint density at radius 2 is 1.96 bits per heavy atom. The van der Waals surface area contributed by atoms with Crippen LogP contribution in [-0.2, 0) is 14.8 Å². The molecule has 4 aromatic rings. The highest BCUT2D eigenvalue weighted by Crippen LogP contribution is 2.48. The third-order valence-electron chi connectivity index (χ3n) is 8.47. The van der Waals surface area contributed by atoms with Gasteiger partial charge in [-0.1, -0.05) is 52.7 Å². The molecule has 3 fully saturated rings. The molecule has 2 bridgehead atoms. The summed E-state index contributed by atoms with van der Waals surface area (Å²) in [5, 5.41) is 5.48. The molecule has 3 heterocycles. The van der Waals surface area contributed by atoms with Crippen LogP contribution in [0.15, 0.2) is 34.9 Å². The van der Waals surface area contributed by atoms with E-state index in [0.29, 0.717) is 50.6 Å². The van der Waals surface area contributed by atoms with E-state index in [1.54, 1.807) is 25.1 Å². The van der Waals surface area contributed by atoms with E-state index in [2.05, 4.69) is 15.0 Å². The number of thiazole rings is 1. The standard InChI is InChI=1S/C30H27Cl2FN4O6S2/c1-2-8-45(40,41)36-28(38)15-10-20(33)25-22(11-15)44-30(34-25)37-13-16-9-17(37)12-21(16)42-29(39)24-26(35-43-27(24)14-6-7-14)23-18(31)4-3-5-19(23)32/h3-5,10-11,14,16-17,21H,2,6-9,12-13H2,1H3,(H,36,38)/t16-,17-,21+/m0/s1. The Hall–Kier alpha value is -3.26. The second kappa shape index (κ2) is 11.5. The maximum absolute atomic E-state index is 15.0. The minimum absolute atomic E-state index is 0.0150. The van der Waals surface area contributed by atoms with Gasteiger partial charge in [0.2, 0.25) is 10.0 Å². The van der Waals surface area contributed by atoms with Crippen molar-refractivity contribution in [3.8, 4) is 11.3 Å². The number of carbonyl (C=O) groups excluding carboxylic acids is 2. The molecular formula is C30H27Cl2FN4O6S2. The zero-order chi connectivity index (χ0) is 31.6. The predicted octanol–water partition coefficient (Wildman–Crippen LogP) is 6.57. The van der Waals surface area contributed by atoms with Gasteiger partial charge in [-0.25, -0.2) is 27.3 Å². The van der Waals surface area contributed by atoms with Crippen molar-refractivity contribution in [3.05, 3.63) is 63.1 Å². The molecule has 0 unspecified atom stereocenters. The number of nitrogens with one attached hydrogen (secondary N) is 1. The van der Waals surface area contributed by atoms with Gasteiger partial charge in [-0.2, -0.15) is 0 Å². The van der Waals surface area contributed by atoms with Gasteiger partial charge in [-0.05, 0) is 49.9 Å². The first-order valence-corrected chi connectivity index (χ1v) is 17.8. The van der Waals surface area contributed by atoms with E-state index >= 15 is 4.39 Å². The molecule has 1 saturated heterocycles. The predicted molar refractivity (Wildman–Crippen MR) is 168 cm³/mol. The molecule has 1 aliphatic heterocycles. The van der Waals surface area contributed by atoms with Crippen molar-refractivity contribution < 1.29 is 31.7 Å². The number of fused-ring (bicyclic) bond motifs is 3. The molecule has 3 atom stereocenters. The van der Waals surface area contributed by atoms with E-state index in [4.69, 9.17) is 32.5 Å². The largest absolute Gasteiger partial charge is 0.458 e. The first-order valence-electron chi connectivity index (χ1n) is 14.6. The number of sulfonamides is 1. The highest BCUT2D eigenvalue weighted by Gasteiger charge is 2.48. The van der Waals surface area contributed by atoms with Crippen LogP contribution in [0, 0.1) is 11.7 Å². The van der Waals surface area contributed by atoms with Crippen molar-refractivity contribution in [1.29, 1.82) is 0 Å². The lowest BCUT2D eigenvalue weighted by atomic mass is 10.0. The van der Waals surface area contributed by atoms with Crippen LogP contribution in [-0.4, -0.2) is 54.9 Å². The second-order valence-corrected chi connectivity index (χ2v) is 15.3. The molecule has 10 nitrogen and oxygen atoms in total. The average molecular weight is 694 g/mol. The summed E-state index contributed by atoms with van der Waals surface area (Å²) < 4.78 is 53.2. The van der Waals surface area contributed by atoms with Crippen LogP contribution in [0.5, 0.6) is 0 Å². The number of nitrogens with zero attached hydrogens (tertiary/aromatic N) is 3. The van der Waals surface area contributed by atoms with E-state index in [1.165, 1.54) is 17.4 Å². The summed E-state index contributed by atoms with van der Waals surface area (Å²) in [5.74, 6) is -1.72. The second-order valence-electron chi connectivity index (χ2n) is 11.7. The first kappa shape index (κ1) is 30.4. The quantitative estimate of drug-likeness (QED) is 0.194. The van der Waals surface area contributed by atoms with Crippen molar-refractivity contribution >= 4 is 71.8 Å². The van der Waals surface area contributed by atoms with Crippen molar-refractivity contribution in [3.63, 3.8) is 0 Å². The SMILES string of the molecule is CCCS(=O)(=O)NC(=O)c1cc(F)c2nc(N3C[C@@H]4C[C@H]3C[C@H]4OC(=O)c3c(-c4c(Cl)cccc4Cl)noc3C3CC3)sc2c1. The van der Waals surface area contributed by atoms with E-state index in [-0.39, 0.29) is 52.1 Å². The Morgan fingerprint density at radius 3 is 2.62 bits per heavy atom. The summed E-state index contributed by atoms with van der Waals surface area (Å²) in [4.78, 5) is 32.8. The van der Waals surface area contributed by atoms with Gasteiger partial charge < -0.3 is 14.2 Å². The fraction of sp³-hybridized carbons (Fsp3) is 0.400. The number of anilines is 1. The fourth-order valence-electron chi connectivity index (χ4n) is 6.25. The van der Waals surface area contributed by atoms with E-state index in [9.17, 15) is 18.0 Å². The number of rotatable bonds is 9. The summed E-state index contributed by atoms with van der Waals surface area (Å²) in [6.07, 6.45) is 3.10. The van der Waals surface area contributed by atoms with Crippen LogP contribution in [0.4, 0.5) is 9.52 Å². The van der Waals surface area contributed by atoms with Gasteiger partial charge >= 0.3 is 5.97 Å². The molecule has 1 amide bonds. The maximum atomic E-state index is 15.0. The van der Waals surface area contributed by atoms with Gasteiger partial charge in [0.1, 0.15) is 22.9 Å². The van der Waals surface area contributed by atoms with E-state index < -0.39 is 27.7 Å². The Morgan fingerprint density at radius 1 is 1.20 bits per heavy atom. The molecule has 0 radical (unpaired) electrons. The molecule has 2 aromatic carbocycles. The van der Waals surface area contributed by atoms with Gasteiger partial charge in [0.05, 0.1) is 20.5 Å². The molecule has 2 aliphatic carbocycles. The van der Waals surface area contributed by atoms with Gasteiger partial charge in [0, 0.05) is 42.0 Å². The topological polar surface area (TPSA) is 132 Å². The smallest absolute Gasteiger partial charge is 0.344 e. The maximum Gasteiger partial charge on any atom is 0.344 e. The summed E-state index contributed by atoms with van der Waals surface area (Å²) in [6, 6.07) is 7.53. The summed E-state index contributed by atoms with van der Waals surface area (Å²) in [6.45, 7) is 2.23. The monoisotopic (exact) mass is 692 g/mol. The molecule has 45 heavy (non-hydrogen) atoms. The zero-order valence-electron chi connectivity index (χ0n) is 23.9. The van der Waals surface area contributed by atoms with Gasteiger partial charge in [0.25, 0.3) is 5.91 Å². The first-order chi connectivity index (χ1) is 21.5. The number of hydrogen-bond acceptors (Lipinski definition) is 10. The number of hydrogen-bond donors (Lipinski definition) is 1. The lowest BCUT2D eigenvalue weighted by Crippen LogP contribution is -2.39. The Labute approximate surface area is 271 Å². The Bertz CT molecular complexity index is 1940. The average Bonchev–Trinajstić information content (AvgIpc) is 3.30. The van der Waals surface area contributed by atoms with Crippen molar-refractivity contribution in [1.82, 2.24) is 14.9 Å². The molecule has 236 valence electrons. The molecular weight excluding hydrogens is 666 g/mol. The molecule has 2 aromatic heterocycles. The molecule has 15 heteroatoms. The van der Waals surface area contributed by atoms with Crippen molar-refractivity contribution in [2.24, 2.45) is 5.92 Å². The number of carbonyl (C=O) groups is 2. The molecule has 1 N–H and O–H groups in total. The number of ether oxygens (including phenoxy) is 1. The van der Waals surface area contributed by atoms with Crippen LogP contribution in [0.3, 0.4) is 0 Å². The minimum atomic E-state index is -3.81. The highest BCUT2D eigenvalue weighted by atomic mass is 35.5. The van der Waals surface area contributed by atoms with Crippen LogP contribution < -0.4 is 9.62 Å². The van der Waals surface area contributed by atoms with Gasteiger partial charge in [-0.3, -0.25) is 4.79 Å². The highest BCUT2D eigenvalue weighted by molar-refractivity contribution is 7.90. The number of aromatic nitrogens is 2. The van der Waals surface area contributed by atoms with E-state index in [0.717, 1.165) is 25.3 Å². The normalized spacial score (nSPS) is 21.1. The molecule has 3 aliphatic rings. The van der Waals surface area contributed by atoms with Gasteiger partial charge in [0.15, 0.2) is 16.7 Å². The third kappa shape index (κ3) is 5.68. The zero-order valence-corrected chi connectivity index (χ0v) is 27.0. The van der Waals surface area contributed by atoms with Crippen molar-refractivity contribution in [2.75, 3.05) is 17.2 Å². The van der Waals surface area contributed by atoms with Crippen LogP contribution in [0.25, 0.3) is 21.5 Å². The van der Waals surface area contributed by atoms with Gasteiger partial charge in [-0.15, -0.1) is 0 Å². The third-order valence-corrected chi connectivity index (χ3v) is 11.6. The summed E-state index contributed by atoms with van der Waals surface area (Å²) >= 11 is 14.1. The number of halogens is 3. The number of benzene rings is 2. The number of amides is 1. The molecule has 0 spiro atoms. The van der Waals surface area contributed by atoms with Crippen LogP contribution in [0.1, 0.15) is 71.4 Å². The van der Waals surface area contributed by atoms with E-state index in [1.807, 2.05) is 4.72 Å². The van der Waals surface area contributed by atoms with Crippen LogP contribution in [0.2, 0.25) is 10.0 Å². The fourth-order valence-corrected chi connectivity index (χ4v) is 8.97. The lowest BCUT2D eigenvalue weighted by Gasteiger charge is -2.31. The molecule has 7 rings (SSSR count). The molecule has 2 saturated carbocycles. The number of piperidine rings is 1. The summed E-state index contributed by atoms with van der Waals surface area (Å²) in [5.41, 5.74) is 0.973. The Kier molecular flexibility index (Phi) is 7.78. The van der Waals surface area contributed by atoms with Crippen molar-refractivity contribution in [2.45, 2.75) is 57.1 Å². The Balaban J connectivity index is 1.08. The lowest BCUT2D eigenvalue weighted by molar-refractivity contribution is 0.0191. The number of esters is 1. The summed E-state index contributed by atoms with van der Waals surface area (Å²) in [7, 11) is -3.81. The van der Waals surface area contributed by atoms with Crippen LogP contribution >= 0.6 is 34.5 Å². The minimum Gasteiger partial charge on any atom is -0.458 e.